The molecule has 0 bridgehead atoms. The first kappa shape index (κ1) is 15.4. The maximum absolute atomic E-state index is 11.9. The van der Waals surface area contributed by atoms with Gasteiger partial charge in [-0.1, -0.05) is 11.6 Å². The summed E-state index contributed by atoms with van der Waals surface area (Å²) in [7, 11) is 0. The topological polar surface area (TPSA) is 83.4 Å². The molecule has 120 valence electrons. The van der Waals surface area contributed by atoms with E-state index in [0.717, 1.165) is 0 Å². The van der Waals surface area contributed by atoms with Crippen LogP contribution in [0.2, 0.25) is 5.02 Å². The minimum absolute atomic E-state index is 0.197. The Bertz CT molecular complexity index is 711. The standard InChI is InChI=1S/C16H16ClN3O3/c17-12-8-11(19-16(22)18-9-10-3-4-10)5-6-13(12)20-15(21)14-2-1-7-23-14/h1-2,5-8,10H,3-4,9H2,(H,20,21)(H2,18,19,22). The van der Waals surface area contributed by atoms with Crippen LogP contribution in [-0.2, 0) is 0 Å². The maximum Gasteiger partial charge on any atom is 0.319 e. The summed E-state index contributed by atoms with van der Waals surface area (Å²) in [5.74, 6) is 0.422. The Kier molecular flexibility index (Phi) is 4.52. The van der Waals surface area contributed by atoms with Crippen LogP contribution in [0.3, 0.4) is 0 Å². The van der Waals surface area contributed by atoms with Crippen LogP contribution in [0.15, 0.2) is 41.0 Å². The van der Waals surface area contributed by atoms with Crippen molar-refractivity contribution in [2.75, 3.05) is 17.2 Å². The van der Waals surface area contributed by atoms with E-state index in [9.17, 15) is 9.59 Å². The van der Waals surface area contributed by atoms with Gasteiger partial charge < -0.3 is 20.4 Å². The van der Waals surface area contributed by atoms with Gasteiger partial charge in [-0.15, -0.1) is 0 Å². The molecule has 0 spiro atoms. The molecule has 1 saturated carbocycles. The van der Waals surface area contributed by atoms with Crippen LogP contribution in [0.4, 0.5) is 16.2 Å². The van der Waals surface area contributed by atoms with E-state index in [4.69, 9.17) is 16.0 Å². The summed E-state index contributed by atoms with van der Waals surface area (Å²) >= 11 is 6.14. The molecule has 0 radical (unpaired) electrons. The molecule has 2 aromatic rings. The molecule has 0 atom stereocenters. The van der Waals surface area contributed by atoms with Gasteiger partial charge in [0.15, 0.2) is 5.76 Å². The molecule has 1 fully saturated rings. The summed E-state index contributed by atoms with van der Waals surface area (Å²) < 4.78 is 5.01. The zero-order chi connectivity index (χ0) is 16.2. The molecular weight excluding hydrogens is 318 g/mol. The van der Waals surface area contributed by atoms with Crippen molar-refractivity contribution in [3.05, 3.63) is 47.4 Å². The van der Waals surface area contributed by atoms with E-state index in [1.807, 2.05) is 0 Å². The van der Waals surface area contributed by atoms with Crippen LogP contribution in [0.5, 0.6) is 0 Å². The molecule has 23 heavy (non-hydrogen) atoms. The van der Waals surface area contributed by atoms with Crippen LogP contribution in [-0.4, -0.2) is 18.5 Å². The van der Waals surface area contributed by atoms with Crippen molar-refractivity contribution in [1.82, 2.24) is 5.32 Å². The van der Waals surface area contributed by atoms with Crippen molar-refractivity contribution in [1.29, 1.82) is 0 Å². The number of carbonyl (C=O) groups excluding carboxylic acids is 2. The van der Waals surface area contributed by atoms with Crippen LogP contribution in [0, 0.1) is 5.92 Å². The van der Waals surface area contributed by atoms with Gasteiger partial charge in [-0.25, -0.2) is 4.79 Å². The second-order valence-electron chi connectivity index (χ2n) is 5.40. The molecule has 0 aliphatic heterocycles. The molecule has 0 saturated heterocycles. The highest BCUT2D eigenvalue weighted by Gasteiger charge is 2.21. The van der Waals surface area contributed by atoms with Crippen LogP contribution in [0.25, 0.3) is 0 Å². The fourth-order valence-corrected chi connectivity index (χ4v) is 2.25. The second-order valence-corrected chi connectivity index (χ2v) is 5.81. The van der Waals surface area contributed by atoms with E-state index >= 15 is 0 Å². The average molecular weight is 334 g/mol. The Hall–Kier alpha value is -2.47. The highest BCUT2D eigenvalue weighted by molar-refractivity contribution is 6.34. The summed E-state index contributed by atoms with van der Waals surface area (Å²) in [4.78, 5) is 23.6. The molecular formula is C16H16ClN3O3. The first-order valence-electron chi connectivity index (χ1n) is 7.31. The molecule has 3 N–H and O–H groups in total. The van der Waals surface area contributed by atoms with Crippen LogP contribution in [0.1, 0.15) is 23.4 Å². The summed E-state index contributed by atoms with van der Waals surface area (Å²) in [5.41, 5.74) is 0.997. The van der Waals surface area contributed by atoms with Crippen molar-refractivity contribution < 1.29 is 14.0 Å². The molecule has 7 heteroatoms. The first-order chi connectivity index (χ1) is 11.1. The number of amides is 3. The smallest absolute Gasteiger partial charge is 0.319 e. The van der Waals surface area contributed by atoms with Gasteiger partial charge in [-0.3, -0.25) is 4.79 Å². The number of anilines is 2. The predicted molar refractivity (Wildman–Crippen MR) is 87.9 cm³/mol. The fraction of sp³-hybridized carbons (Fsp3) is 0.250. The lowest BCUT2D eigenvalue weighted by Gasteiger charge is -2.10. The number of hydrogen-bond acceptors (Lipinski definition) is 3. The van der Waals surface area contributed by atoms with Gasteiger partial charge in [-0.05, 0) is 49.1 Å². The number of carbonyl (C=O) groups is 2. The maximum atomic E-state index is 11.9. The average Bonchev–Trinajstić information content (AvgIpc) is 3.19. The van der Waals surface area contributed by atoms with E-state index in [1.165, 1.54) is 19.1 Å². The second kappa shape index (κ2) is 6.75. The van der Waals surface area contributed by atoms with E-state index in [1.54, 1.807) is 30.3 Å². The zero-order valence-corrected chi connectivity index (χ0v) is 13.0. The predicted octanol–water partition coefficient (Wildman–Crippen LogP) is 3.72. The molecule has 1 aliphatic carbocycles. The van der Waals surface area contributed by atoms with Gasteiger partial charge in [0.25, 0.3) is 5.91 Å². The Morgan fingerprint density at radius 3 is 2.70 bits per heavy atom. The summed E-state index contributed by atoms with van der Waals surface area (Å²) in [5, 5.41) is 8.48. The minimum Gasteiger partial charge on any atom is -0.459 e. The van der Waals surface area contributed by atoms with Gasteiger partial charge in [0, 0.05) is 12.2 Å². The van der Waals surface area contributed by atoms with E-state index in [0.29, 0.717) is 28.9 Å². The van der Waals surface area contributed by atoms with Gasteiger partial charge in [0.1, 0.15) is 0 Å². The molecule has 3 rings (SSSR count). The SMILES string of the molecule is O=C(NCC1CC1)Nc1ccc(NC(=O)c2ccco2)c(Cl)c1. The monoisotopic (exact) mass is 333 g/mol. The van der Waals surface area contributed by atoms with Gasteiger partial charge in [0.2, 0.25) is 0 Å². The third-order valence-electron chi connectivity index (χ3n) is 3.47. The third kappa shape index (κ3) is 4.26. The highest BCUT2D eigenvalue weighted by Crippen LogP contribution is 2.28. The van der Waals surface area contributed by atoms with E-state index < -0.39 is 0 Å². The lowest BCUT2D eigenvalue weighted by Crippen LogP contribution is -2.30. The number of urea groups is 1. The number of rotatable bonds is 5. The third-order valence-corrected chi connectivity index (χ3v) is 3.78. The van der Waals surface area contributed by atoms with Gasteiger partial charge >= 0.3 is 6.03 Å². The Morgan fingerprint density at radius 2 is 2.04 bits per heavy atom. The number of hydrogen-bond donors (Lipinski definition) is 3. The largest absolute Gasteiger partial charge is 0.459 e. The van der Waals surface area contributed by atoms with Crippen LogP contribution >= 0.6 is 11.6 Å². The molecule has 1 aliphatic rings. The Labute approximate surface area is 138 Å². The molecule has 1 heterocycles. The molecule has 3 amide bonds. The van der Waals surface area contributed by atoms with Crippen LogP contribution < -0.4 is 16.0 Å². The number of halogens is 1. The van der Waals surface area contributed by atoms with Gasteiger partial charge in [-0.2, -0.15) is 0 Å². The quantitative estimate of drug-likeness (QED) is 0.779. The number of benzene rings is 1. The van der Waals surface area contributed by atoms with Crippen molar-refractivity contribution in [2.24, 2.45) is 5.92 Å². The highest BCUT2D eigenvalue weighted by atomic mass is 35.5. The number of furan rings is 1. The molecule has 1 aromatic heterocycles. The molecule has 0 unspecified atom stereocenters. The molecule has 1 aromatic carbocycles. The summed E-state index contributed by atoms with van der Waals surface area (Å²) in [6.45, 7) is 0.691. The molecule has 6 nitrogen and oxygen atoms in total. The van der Waals surface area contributed by atoms with Crippen molar-refractivity contribution >= 4 is 34.9 Å². The fourth-order valence-electron chi connectivity index (χ4n) is 2.02. The Morgan fingerprint density at radius 1 is 1.22 bits per heavy atom. The zero-order valence-electron chi connectivity index (χ0n) is 12.3. The summed E-state index contributed by atoms with van der Waals surface area (Å²) in [6, 6.07) is 7.80. The van der Waals surface area contributed by atoms with E-state index in [-0.39, 0.29) is 17.7 Å². The minimum atomic E-state index is -0.389. The Balaban J connectivity index is 1.58. The van der Waals surface area contributed by atoms with Crippen molar-refractivity contribution in [3.63, 3.8) is 0 Å². The van der Waals surface area contributed by atoms with Crippen molar-refractivity contribution in [2.45, 2.75) is 12.8 Å². The van der Waals surface area contributed by atoms with Crippen molar-refractivity contribution in [3.8, 4) is 0 Å². The van der Waals surface area contributed by atoms with E-state index in [2.05, 4.69) is 16.0 Å². The lowest BCUT2D eigenvalue weighted by atomic mass is 10.2. The normalized spacial score (nSPS) is 13.4. The number of nitrogens with one attached hydrogen (secondary N) is 3. The summed E-state index contributed by atoms with van der Waals surface area (Å²) in [6.07, 6.45) is 3.77. The first-order valence-corrected chi connectivity index (χ1v) is 7.69. The van der Waals surface area contributed by atoms with Gasteiger partial charge in [0.05, 0.1) is 17.0 Å². The lowest BCUT2D eigenvalue weighted by molar-refractivity contribution is 0.0996.